The second-order valence-corrected chi connectivity index (χ2v) is 5.59. The van der Waals surface area contributed by atoms with Crippen molar-refractivity contribution in [3.8, 4) is 0 Å². The summed E-state index contributed by atoms with van der Waals surface area (Å²) in [4.78, 5) is 1.41. The first-order valence-corrected chi connectivity index (χ1v) is 7.00. The van der Waals surface area contributed by atoms with Crippen molar-refractivity contribution in [2.75, 3.05) is 11.1 Å². The number of nitrogens with one attached hydrogen (secondary N) is 1. The number of aryl methyl sites for hydroxylation is 1. The van der Waals surface area contributed by atoms with E-state index >= 15 is 0 Å². The van der Waals surface area contributed by atoms with Crippen LogP contribution in [0.2, 0.25) is 0 Å². The van der Waals surface area contributed by atoms with E-state index in [2.05, 4.69) is 16.8 Å². The van der Waals surface area contributed by atoms with Crippen LogP contribution >= 0.6 is 11.3 Å². The van der Waals surface area contributed by atoms with Gasteiger partial charge < -0.3 is 11.1 Å². The zero-order chi connectivity index (χ0) is 12.5. The molecule has 0 spiro atoms. The van der Waals surface area contributed by atoms with E-state index in [4.69, 9.17) is 5.73 Å². The van der Waals surface area contributed by atoms with E-state index in [1.807, 2.05) is 0 Å². The van der Waals surface area contributed by atoms with Crippen LogP contribution in [0.15, 0.2) is 29.6 Å². The summed E-state index contributed by atoms with van der Waals surface area (Å²) in [7, 11) is 0. The summed E-state index contributed by atoms with van der Waals surface area (Å²) >= 11 is 1.78. The van der Waals surface area contributed by atoms with Crippen molar-refractivity contribution < 1.29 is 4.39 Å². The monoisotopic (exact) mass is 262 g/mol. The predicted molar refractivity (Wildman–Crippen MR) is 74.4 cm³/mol. The number of thiophene rings is 1. The van der Waals surface area contributed by atoms with Crippen molar-refractivity contribution in [3.05, 3.63) is 45.9 Å². The van der Waals surface area contributed by atoms with E-state index in [0.717, 1.165) is 19.3 Å². The van der Waals surface area contributed by atoms with Gasteiger partial charge in [0.25, 0.3) is 0 Å². The van der Waals surface area contributed by atoms with Gasteiger partial charge in [0.15, 0.2) is 0 Å². The Morgan fingerprint density at radius 2 is 2.22 bits per heavy atom. The molecule has 3 rings (SSSR count). The number of halogens is 1. The molecule has 0 fully saturated rings. The van der Waals surface area contributed by atoms with Gasteiger partial charge in [0.1, 0.15) is 5.82 Å². The third-order valence-corrected chi connectivity index (χ3v) is 4.41. The molecule has 1 aliphatic carbocycles. The minimum atomic E-state index is -0.280. The van der Waals surface area contributed by atoms with Gasteiger partial charge in [-0.05, 0) is 48.4 Å². The van der Waals surface area contributed by atoms with E-state index in [9.17, 15) is 4.39 Å². The van der Waals surface area contributed by atoms with Gasteiger partial charge in [-0.25, -0.2) is 4.39 Å². The molecule has 0 amide bonds. The Bertz CT molecular complexity index is 544. The van der Waals surface area contributed by atoms with Crippen LogP contribution in [0.1, 0.15) is 29.3 Å². The highest BCUT2D eigenvalue weighted by molar-refractivity contribution is 7.10. The Kier molecular flexibility index (Phi) is 2.96. The number of hydrogen-bond acceptors (Lipinski definition) is 3. The molecule has 2 nitrogen and oxygen atoms in total. The van der Waals surface area contributed by atoms with Crippen LogP contribution in [-0.4, -0.2) is 0 Å². The zero-order valence-corrected chi connectivity index (χ0v) is 10.8. The molecule has 94 valence electrons. The molecule has 18 heavy (non-hydrogen) atoms. The Hall–Kier alpha value is -1.55. The average Bonchev–Trinajstić information content (AvgIpc) is 2.83. The van der Waals surface area contributed by atoms with Crippen molar-refractivity contribution in [1.29, 1.82) is 0 Å². The van der Waals surface area contributed by atoms with Gasteiger partial charge in [0.2, 0.25) is 0 Å². The number of hydrogen-bond donors (Lipinski definition) is 2. The number of anilines is 2. The zero-order valence-electron chi connectivity index (χ0n) is 9.95. The lowest BCUT2D eigenvalue weighted by molar-refractivity contribution is 0.593. The van der Waals surface area contributed by atoms with Crippen LogP contribution in [0.25, 0.3) is 0 Å². The molecular weight excluding hydrogens is 247 g/mol. The van der Waals surface area contributed by atoms with E-state index in [1.54, 1.807) is 23.5 Å². The lowest BCUT2D eigenvalue weighted by Gasteiger charge is -2.25. The predicted octanol–water partition coefficient (Wildman–Crippen LogP) is 3.96. The number of para-hydroxylation sites is 1. The topological polar surface area (TPSA) is 38.0 Å². The first-order valence-electron chi connectivity index (χ1n) is 6.12. The average molecular weight is 262 g/mol. The molecule has 0 aliphatic heterocycles. The third-order valence-electron chi connectivity index (χ3n) is 3.42. The molecule has 4 heteroatoms. The van der Waals surface area contributed by atoms with E-state index < -0.39 is 0 Å². The quantitative estimate of drug-likeness (QED) is 0.804. The number of rotatable bonds is 2. The summed E-state index contributed by atoms with van der Waals surface area (Å²) in [6.07, 6.45) is 3.30. The molecule has 0 saturated heterocycles. The van der Waals surface area contributed by atoms with Crippen LogP contribution in [0.3, 0.4) is 0 Å². The number of benzene rings is 1. The molecule has 3 N–H and O–H groups in total. The van der Waals surface area contributed by atoms with E-state index in [1.165, 1.54) is 16.5 Å². The smallest absolute Gasteiger partial charge is 0.148 e. The third kappa shape index (κ3) is 1.97. The van der Waals surface area contributed by atoms with Crippen LogP contribution in [-0.2, 0) is 6.42 Å². The van der Waals surface area contributed by atoms with E-state index in [0.29, 0.717) is 11.4 Å². The fourth-order valence-corrected chi connectivity index (χ4v) is 3.49. The summed E-state index contributed by atoms with van der Waals surface area (Å²) in [6.45, 7) is 0. The molecule has 1 aromatic carbocycles. The highest BCUT2D eigenvalue weighted by atomic mass is 32.1. The van der Waals surface area contributed by atoms with Crippen LogP contribution < -0.4 is 11.1 Å². The Labute approximate surface area is 110 Å². The molecule has 0 saturated carbocycles. The van der Waals surface area contributed by atoms with Crippen molar-refractivity contribution in [2.24, 2.45) is 0 Å². The number of nitrogen functional groups attached to an aromatic ring is 1. The van der Waals surface area contributed by atoms with E-state index in [-0.39, 0.29) is 11.9 Å². The highest BCUT2D eigenvalue weighted by Crippen LogP contribution is 2.37. The van der Waals surface area contributed by atoms with Gasteiger partial charge in [-0.2, -0.15) is 0 Å². The SMILES string of the molecule is Nc1cccc(F)c1NC1CCCc2sccc21. The standard InChI is InChI=1S/C14H15FN2S/c15-10-3-1-4-11(16)14(10)17-12-5-2-6-13-9(12)7-8-18-13/h1,3-4,7-8,12,17H,2,5-6,16H2. The Balaban J connectivity index is 1.91. The highest BCUT2D eigenvalue weighted by Gasteiger charge is 2.22. The van der Waals surface area contributed by atoms with Gasteiger partial charge in [-0.15, -0.1) is 11.3 Å². The van der Waals surface area contributed by atoms with Crippen molar-refractivity contribution >= 4 is 22.7 Å². The van der Waals surface area contributed by atoms with Crippen molar-refractivity contribution in [2.45, 2.75) is 25.3 Å². The molecule has 1 heterocycles. The molecule has 0 radical (unpaired) electrons. The Morgan fingerprint density at radius 3 is 3.06 bits per heavy atom. The largest absolute Gasteiger partial charge is 0.397 e. The minimum Gasteiger partial charge on any atom is -0.397 e. The summed E-state index contributed by atoms with van der Waals surface area (Å²) in [5.74, 6) is -0.280. The van der Waals surface area contributed by atoms with Gasteiger partial charge in [-0.3, -0.25) is 0 Å². The number of fused-ring (bicyclic) bond motifs is 1. The van der Waals surface area contributed by atoms with Crippen LogP contribution in [0, 0.1) is 5.82 Å². The van der Waals surface area contributed by atoms with Crippen molar-refractivity contribution in [3.63, 3.8) is 0 Å². The summed E-state index contributed by atoms with van der Waals surface area (Å²) < 4.78 is 13.8. The molecule has 2 aromatic rings. The Morgan fingerprint density at radius 1 is 1.33 bits per heavy atom. The second-order valence-electron chi connectivity index (χ2n) is 4.59. The second kappa shape index (κ2) is 4.61. The molecular formula is C14H15FN2S. The summed E-state index contributed by atoms with van der Waals surface area (Å²) in [6, 6.07) is 7.11. The fraction of sp³-hybridized carbons (Fsp3) is 0.286. The summed E-state index contributed by atoms with van der Waals surface area (Å²) in [5, 5.41) is 5.37. The lowest BCUT2D eigenvalue weighted by atomic mass is 9.94. The fourth-order valence-electron chi connectivity index (χ4n) is 2.50. The number of nitrogens with two attached hydrogens (primary N) is 1. The maximum absolute atomic E-state index is 13.8. The van der Waals surface area contributed by atoms with Crippen molar-refractivity contribution in [1.82, 2.24) is 0 Å². The molecule has 1 aromatic heterocycles. The molecule has 1 atom stereocenters. The molecule has 0 bridgehead atoms. The normalized spacial score (nSPS) is 18.4. The maximum atomic E-state index is 13.8. The summed E-state index contributed by atoms with van der Waals surface area (Å²) in [5.41, 5.74) is 8.04. The maximum Gasteiger partial charge on any atom is 0.148 e. The van der Waals surface area contributed by atoms with Crippen LogP contribution in [0.5, 0.6) is 0 Å². The van der Waals surface area contributed by atoms with Crippen LogP contribution in [0.4, 0.5) is 15.8 Å². The van der Waals surface area contributed by atoms with Gasteiger partial charge in [0.05, 0.1) is 17.4 Å². The minimum absolute atomic E-state index is 0.180. The first kappa shape index (κ1) is 11.5. The molecule has 1 aliphatic rings. The van der Waals surface area contributed by atoms with Gasteiger partial charge >= 0.3 is 0 Å². The molecule has 1 unspecified atom stereocenters. The lowest BCUT2D eigenvalue weighted by Crippen LogP contribution is -2.17. The first-order chi connectivity index (χ1) is 8.75. The van der Waals surface area contributed by atoms with Gasteiger partial charge in [-0.1, -0.05) is 6.07 Å². The van der Waals surface area contributed by atoms with Gasteiger partial charge in [0, 0.05) is 4.88 Å².